The van der Waals surface area contributed by atoms with Crippen LogP contribution in [0.25, 0.3) is 0 Å². The second kappa shape index (κ2) is 7.73. The Morgan fingerprint density at radius 3 is 2.52 bits per heavy atom. The summed E-state index contributed by atoms with van der Waals surface area (Å²) in [6.45, 7) is 5.56. The number of carbonyl (C=O) groups is 1. The largest absolute Gasteiger partial charge is 0.381 e. The van der Waals surface area contributed by atoms with Gasteiger partial charge in [0.25, 0.3) is 5.69 Å². The van der Waals surface area contributed by atoms with Gasteiger partial charge < -0.3 is 5.11 Å². The Morgan fingerprint density at radius 1 is 1.21 bits per heavy atom. The van der Waals surface area contributed by atoms with E-state index in [4.69, 9.17) is 0 Å². The van der Waals surface area contributed by atoms with Crippen LogP contribution in [0.2, 0.25) is 0 Å². The van der Waals surface area contributed by atoms with Crippen molar-refractivity contribution in [3.63, 3.8) is 0 Å². The monoisotopic (exact) mass is 452 g/mol. The van der Waals surface area contributed by atoms with Gasteiger partial charge in [-0.1, -0.05) is 5.57 Å². The minimum atomic E-state index is -1.38. The SMILES string of the molecule is CC1=C(CCC=NNc2ccc([N+](=O)[O-])cc2[N+](=O)[O-])C2=C(C)C3(CC3)[C@@](C)(O)C(=O)C2=C1. The summed E-state index contributed by atoms with van der Waals surface area (Å²) < 4.78 is 0. The fourth-order valence-corrected chi connectivity index (χ4v) is 5.00. The topological polar surface area (TPSA) is 148 Å². The number of nitro benzene ring substituents is 2. The molecule has 1 saturated carbocycles. The number of nitrogens with one attached hydrogen (secondary N) is 1. The molecule has 1 spiro atoms. The number of hydrogen-bond donors (Lipinski definition) is 2. The molecule has 1 atom stereocenters. The van der Waals surface area contributed by atoms with Gasteiger partial charge >= 0.3 is 5.69 Å². The average Bonchev–Trinajstić information content (AvgIpc) is 3.51. The number of hydrogen-bond acceptors (Lipinski definition) is 8. The van der Waals surface area contributed by atoms with E-state index >= 15 is 0 Å². The van der Waals surface area contributed by atoms with E-state index in [0.29, 0.717) is 18.4 Å². The van der Waals surface area contributed by atoms with E-state index in [1.165, 1.54) is 12.1 Å². The molecule has 1 aromatic carbocycles. The number of anilines is 1. The highest BCUT2D eigenvalue weighted by Crippen LogP contribution is 2.65. The average molecular weight is 452 g/mol. The third-order valence-corrected chi connectivity index (χ3v) is 7.06. The number of ketones is 1. The summed E-state index contributed by atoms with van der Waals surface area (Å²) in [6, 6.07) is 3.30. The number of nitro groups is 2. The quantitative estimate of drug-likeness (QED) is 0.354. The number of benzene rings is 1. The lowest BCUT2D eigenvalue weighted by molar-refractivity contribution is -0.393. The van der Waals surface area contributed by atoms with Gasteiger partial charge in [0.2, 0.25) is 0 Å². The van der Waals surface area contributed by atoms with Crippen molar-refractivity contribution in [2.24, 2.45) is 10.5 Å². The van der Waals surface area contributed by atoms with Crippen molar-refractivity contribution in [3.05, 3.63) is 72.4 Å². The standard InChI is InChI=1S/C23H24N4O6/c1-13-11-17-20(14(2)23(8-9-23)22(3,29)21(17)28)16(13)5-4-10-24-25-18-7-6-15(26(30)31)12-19(18)27(32)33/h6-7,10-12,25,29H,4-5,8-9H2,1-3H3/t22-/m0/s1. The molecule has 4 rings (SSSR count). The van der Waals surface area contributed by atoms with Crippen LogP contribution in [0.5, 0.6) is 0 Å². The zero-order chi connectivity index (χ0) is 24.1. The zero-order valence-corrected chi connectivity index (χ0v) is 18.5. The molecule has 0 bridgehead atoms. The van der Waals surface area contributed by atoms with E-state index in [2.05, 4.69) is 10.5 Å². The molecule has 3 aliphatic carbocycles. The Kier molecular flexibility index (Phi) is 5.28. The normalized spacial score (nSPS) is 23.3. The van der Waals surface area contributed by atoms with Gasteiger partial charge in [-0.2, -0.15) is 5.10 Å². The van der Waals surface area contributed by atoms with Crippen molar-refractivity contribution >= 4 is 29.1 Å². The highest BCUT2D eigenvalue weighted by molar-refractivity contribution is 6.10. The summed E-state index contributed by atoms with van der Waals surface area (Å²) in [7, 11) is 0. The maximum atomic E-state index is 13.0. The number of aliphatic hydroxyl groups is 1. The van der Waals surface area contributed by atoms with Crippen LogP contribution in [-0.4, -0.2) is 32.6 Å². The van der Waals surface area contributed by atoms with Gasteiger partial charge in [0.1, 0.15) is 11.3 Å². The second-order valence-corrected chi connectivity index (χ2v) is 8.88. The first-order chi connectivity index (χ1) is 15.5. The molecule has 1 aromatic rings. The number of Topliss-reactive ketones (excluding diaryl/α,β-unsaturated/α-hetero) is 1. The van der Waals surface area contributed by atoms with Crippen LogP contribution in [0, 0.1) is 25.6 Å². The molecule has 3 aliphatic rings. The first-order valence-electron chi connectivity index (χ1n) is 10.6. The molecule has 0 saturated heterocycles. The molecule has 0 radical (unpaired) electrons. The molecule has 172 valence electrons. The van der Waals surface area contributed by atoms with Crippen LogP contribution in [0.4, 0.5) is 17.1 Å². The van der Waals surface area contributed by atoms with E-state index in [0.717, 1.165) is 41.2 Å². The van der Waals surface area contributed by atoms with E-state index in [1.54, 1.807) is 13.1 Å². The Hall–Kier alpha value is -3.66. The van der Waals surface area contributed by atoms with Crippen molar-refractivity contribution < 1.29 is 19.7 Å². The molecule has 2 N–H and O–H groups in total. The maximum Gasteiger partial charge on any atom is 0.301 e. The summed E-state index contributed by atoms with van der Waals surface area (Å²) in [6.07, 6.45) is 6.12. The summed E-state index contributed by atoms with van der Waals surface area (Å²) >= 11 is 0. The lowest BCUT2D eigenvalue weighted by atomic mass is 9.67. The van der Waals surface area contributed by atoms with Crippen LogP contribution in [-0.2, 0) is 4.79 Å². The Labute approximate surface area is 189 Å². The maximum absolute atomic E-state index is 13.0. The third kappa shape index (κ3) is 3.46. The van der Waals surface area contributed by atoms with Crippen molar-refractivity contribution in [2.45, 2.75) is 52.1 Å². The van der Waals surface area contributed by atoms with Crippen LogP contribution in [0.1, 0.15) is 46.5 Å². The highest BCUT2D eigenvalue weighted by Gasteiger charge is 2.64. The summed E-state index contributed by atoms with van der Waals surface area (Å²) in [5.41, 5.74) is 4.56. The number of fused-ring (bicyclic) bond motifs is 1. The van der Waals surface area contributed by atoms with Gasteiger partial charge in [-0.15, -0.1) is 0 Å². The number of non-ortho nitro benzene ring substituents is 1. The summed E-state index contributed by atoms with van der Waals surface area (Å²) in [5.74, 6) is -0.226. The van der Waals surface area contributed by atoms with Gasteiger partial charge in [-0.05, 0) is 75.3 Å². The van der Waals surface area contributed by atoms with Crippen molar-refractivity contribution in [1.29, 1.82) is 0 Å². The molecule has 10 nitrogen and oxygen atoms in total. The van der Waals surface area contributed by atoms with Gasteiger partial charge in [0.05, 0.1) is 15.9 Å². The van der Waals surface area contributed by atoms with Crippen molar-refractivity contribution in [3.8, 4) is 0 Å². The zero-order valence-electron chi connectivity index (χ0n) is 18.5. The lowest BCUT2D eigenvalue weighted by Gasteiger charge is -2.39. The van der Waals surface area contributed by atoms with E-state index < -0.39 is 26.6 Å². The first kappa shape index (κ1) is 22.5. The molecular formula is C23H24N4O6. The predicted octanol–water partition coefficient (Wildman–Crippen LogP) is 4.37. The van der Waals surface area contributed by atoms with E-state index in [-0.39, 0.29) is 17.2 Å². The Morgan fingerprint density at radius 2 is 1.91 bits per heavy atom. The highest BCUT2D eigenvalue weighted by atomic mass is 16.6. The van der Waals surface area contributed by atoms with Crippen LogP contribution >= 0.6 is 0 Å². The molecule has 33 heavy (non-hydrogen) atoms. The minimum absolute atomic E-state index is 0.0522. The lowest BCUT2D eigenvalue weighted by Crippen LogP contribution is -2.49. The molecule has 1 fully saturated rings. The smallest absolute Gasteiger partial charge is 0.301 e. The Balaban J connectivity index is 1.47. The molecule has 0 heterocycles. The molecule has 0 unspecified atom stereocenters. The van der Waals surface area contributed by atoms with Gasteiger partial charge in [0.15, 0.2) is 5.78 Å². The molecule has 0 aromatic heterocycles. The summed E-state index contributed by atoms with van der Waals surface area (Å²) in [5, 5.41) is 37.0. The van der Waals surface area contributed by atoms with Crippen molar-refractivity contribution in [2.75, 3.05) is 5.43 Å². The van der Waals surface area contributed by atoms with Gasteiger partial charge in [-0.25, -0.2) is 0 Å². The molecular weight excluding hydrogens is 428 g/mol. The Bertz CT molecular complexity index is 1220. The second-order valence-electron chi connectivity index (χ2n) is 8.88. The fraction of sp³-hybridized carbons (Fsp3) is 0.391. The first-order valence-corrected chi connectivity index (χ1v) is 10.6. The molecule has 0 aliphatic heterocycles. The number of hydrazone groups is 1. The number of allylic oxidation sites excluding steroid dienone is 4. The fourth-order valence-electron chi connectivity index (χ4n) is 5.00. The number of rotatable bonds is 7. The predicted molar refractivity (Wildman–Crippen MR) is 122 cm³/mol. The van der Waals surface area contributed by atoms with Crippen molar-refractivity contribution in [1.82, 2.24) is 0 Å². The van der Waals surface area contributed by atoms with E-state index in [9.17, 15) is 30.1 Å². The van der Waals surface area contributed by atoms with Crippen LogP contribution < -0.4 is 5.43 Å². The van der Waals surface area contributed by atoms with E-state index in [1.807, 2.05) is 19.9 Å². The molecule has 0 amide bonds. The van der Waals surface area contributed by atoms with Gasteiger partial charge in [-0.3, -0.25) is 30.4 Å². The van der Waals surface area contributed by atoms with Crippen LogP contribution in [0.3, 0.4) is 0 Å². The van der Waals surface area contributed by atoms with Crippen LogP contribution in [0.15, 0.2) is 57.2 Å². The summed E-state index contributed by atoms with van der Waals surface area (Å²) in [4.78, 5) is 33.7. The number of carbonyl (C=O) groups excluding carboxylic acids is 1. The minimum Gasteiger partial charge on any atom is -0.381 e. The number of nitrogens with zero attached hydrogens (tertiary/aromatic N) is 3. The third-order valence-electron chi connectivity index (χ3n) is 7.06. The van der Waals surface area contributed by atoms with Gasteiger partial charge in [0, 0.05) is 23.3 Å². The molecule has 10 heteroatoms.